The summed E-state index contributed by atoms with van der Waals surface area (Å²) >= 11 is 0. The number of furan rings is 1. The average Bonchev–Trinajstić information content (AvgIpc) is 3.26. The Bertz CT molecular complexity index is 894. The third-order valence-electron chi connectivity index (χ3n) is 4.27. The minimum atomic E-state index is -0.629. The fraction of sp³-hybridized carbons (Fsp3) is 0.278. The molecule has 1 fully saturated rings. The van der Waals surface area contributed by atoms with Gasteiger partial charge in [0.15, 0.2) is 5.76 Å². The van der Waals surface area contributed by atoms with Crippen LogP contribution in [0.25, 0.3) is 22.5 Å². The lowest BCUT2D eigenvalue weighted by molar-refractivity contribution is -0.136. The molecule has 1 unspecified atom stereocenters. The summed E-state index contributed by atoms with van der Waals surface area (Å²) in [4.78, 5) is 23.8. The normalized spacial score (nSPS) is 17.4. The van der Waals surface area contributed by atoms with E-state index < -0.39 is 5.92 Å². The zero-order valence-electron chi connectivity index (χ0n) is 13.5. The van der Waals surface area contributed by atoms with Crippen molar-refractivity contribution < 1.29 is 18.5 Å². The predicted molar refractivity (Wildman–Crippen MR) is 89.3 cm³/mol. The zero-order chi connectivity index (χ0) is 17.2. The highest BCUT2D eigenvalue weighted by Crippen LogP contribution is 2.28. The van der Waals surface area contributed by atoms with Gasteiger partial charge in [-0.25, -0.2) is 0 Å². The number of carbonyl (C=O) groups is 2. The van der Waals surface area contributed by atoms with Crippen molar-refractivity contribution in [2.75, 3.05) is 6.54 Å². The third kappa shape index (κ3) is 3.13. The summed E-state index contributed by atoms with van der Waals surface area (Å²) in [5, 5.41) is 10.4. The zero-order valence-corrected chi connectivity index (χ0v) is 13.5. The molecule has 0 spiro atoms. The minimum absolute atomic E-state index is 0.201. The van der Waals surface area contributed by atoms with Gasteiger partial charge in [-0.15, -0.1) is 0 Å². The van der Waals surface area contributed by atoms with Crippen molar-refractivity contribution >= 4 is 22.8 Å². The molecule has 1 aliphatic heterocycles. The van der Waals surface area contributed by atoms with E-state index in [1.807, 2.05) is 30.3 Å². The van der Waals surface area contributed by atoms with Crippen molar-refractivity contribution in [3.05, 3.63) is 42.1 Å². The standard InChI is InChI=1S/C18H17N3O4/c22-17-13(5-3-7-19-17)18(23)20-10-12-9-16(25-21-12)15-8-11-4-1-2-6-14(11)24-15/h1-2,4,6,8-9,13H,3,5,7,10H2,(H,19,22)(H,20,23). The van der Waals surface area contributed by atoms with E-state index in [2.05, 4.69) is 15.8 Å². The number of para-hydroxylation sites is 1. The number of hydrogen-bond donors (Lipinski definition) is 2. The molecule has 1 atom stereocenters. The van der Waals surface area contributed by atoms with Gasteiger partial charge in [0.05, 0.1) is 6.54 Å². The number of benzene rings is 1. The van der Waals surface area contributed by atoms with E-state index in [-0.39, 0.29) is 18.4 Å². The first-order chi connectivity index (χ1) is 12.2. The Morgan fingerprint density at radius 1 is 1.28 bits per heavy atom. The van der Waals surface area contributed by atoms with Crippen LogP contribution in [0.5, 0.6) is 0 Å². The highest BCUT2D eigenvalue weighted by atomic mass is 16.5. The Morgan fingerprint density at radius 3 is 3.00 bits per heavy atom. The second kappa shape index (κ2) is 6.43. The lowest BCUT2D eigenvalue weighted by Gasteiger charge is -2.20. The molecule has 0 radical (unpaired) electrons. The molecule has 2 aromatic heterocycles. The second-order valence-corrected chi connectivity index (χ2v) is 6.03. The Morgan fingerprint density at radius 2 is 2.16 bits per heavy atom. The lowest BCUT2D eigenvalue weighted by atomic mass is 9.98. The summed E-state index contributed by atoms with van der Waals surface area (Å²) in [7, 11) is 0. The highest BCUT2D eigenvalue weighted by molar-refractivity contribution is 6.00. The van der Waals surface area contributed by atoms with Crippen LogP contribution in [0.3, 0.4) is 0 Å². The number of carbonyl (C=O) groups excluding carboxylic acids is 2. The van der Waals surface area contributed by atoms with Gasteiger partial charge in [0.2, 0.25) is 17.6 Å². The van der Waals surface area contributed by atoms with Crippen molar-refractivity contribution in [3.8, 4) is 11.5 Å². The smallest absolute Gasteiger partial charge is 0.232 e. The molecule has 0 aliphatic carbocycles. The molecule has 2 amide bonds. The largest absolute Gasteiger partial charge is 0.453 e. The van der Waals surface area contributed by atoms with Crippen molar-refractivity contribution in [2.45, 2.75) is 19.4 Å². The van der Waals surface area contributed by atoms with Crippen LogP contribution in [-0.2, 0) is 16.1 Å². The summed E-state index contributed by atoms with van der Waals surface area (Å²) in [5.41, 5.74) is 1.34. The topological polar surface area (TPSA) is 97.4 Å². The van der Waals surface area contributed by atoms with E-state index in [1.54, 1.807) is 6.07 Å². The van der Waals surface area contributed by atoms with E-state index >= 15 is 0 Å². The highest BCUT2D eigenvalue weighted by Gasteiger charge is 2.28. The molecule has 0 saturated carbocycles. The van der Waals surface area contributed by atoms with Gasteiger partial charge in [-0.3, -0.25) is 9.59 Å². The second-order valence-electron chi connectivity index (χ2n) is 6.03. The molecule has 0 bridgehead atoms. The Balaban J connectivity index is 1.43. The molecule has 3 aromatic rings. The predicted octanol–water partition coefficient (Wildman–Crippen LogP) is 2.23. The Labute approximate surface area is 143 Å². The van der Waals surface area contributed by atoms with Gasteiger partial charge in [-0.2, -0.15) is 0 Å². The van der Waals surface area contributed by atoms with Gasteiger partial charge in [-0.05, 0) is 25.0 Å². The number of fused-ring (bicyclic) bond motifs is 1. The quantitative estimate of drug-likeness (QED) is 0.711. The van der Waals surface area contributed by atoms with Gasteiger partial charge < -0.3 is 19.6 Å². The maximum atomic E-state index is 12.1. The van der Waals surface area contributed by atoms with E-state index in [9.17, 15) is 9.59 Å². The molecule has 1 aromatic carbocycles. The van der Waals surface area contributed by atoms with Crippen LogP contribution in [0.1, 0.15) is 18.5 Å². The molecule has 25 heavy (non-hydrogen) atoms. The van der Waals surface area contributed by atoms with Crippen LogP contribution in [-0.4, -0.2) is 23.5 Å². The lowest BCUT2D eigenvalue weighted by Crippen LogP contribution is -2.44. The summed E-state index contributed by atoms with van der Waals surface area (Å²) in [6.45, 7) is 0.832. The van der Waals surface area contributed by atoms with Gasteiger partial charge in [0, 0.05) is 18.0 Å². The van der Waals surface area contributed by atoms with Crippen LogP contribution < -0.4 is 10.6 Å². The van der Waals surface area contributed by atoms with E-state index in [0.717, 1.165) is 17.4 Å². The van der Waals surface area contributed by atoms with Crippen molar-refractivity contribution in [3.63, 3.8) is 0 Å². The third-order valence-corrected chi connectivity index (χ3v) is 4.27. The van der Waals surface area contributed by atoms with Gasteiger partial charge in [-0.1, -0.05) is 23.4 Å². The molecule has 1 saturated heterocycles. The van der Waals surface area contributed by atoms with E-state index in [0.29, 0.717) is 30.2 Å². The Kier molecular flexibility index (Phi) is 3.97. The summed E-state index contributed by atoms with van der Waals surface area (Å²) in [5.74, 6) is -0.0540. The number of nitrogens with one attached hydrogen (secondary N) is 2. The maximum Gasteiger partial charge on any atom is 0.232 e. The fourth-order valence-electron chi connectivity index (χ4n) is 2.94. The molecule has 2 N–H and O–H groups in total. The molecular formula is C18H17N3O4. The number of piperidine rings is 1. The van der Waals surface area contributed by atoms with Crippen molar-refractivity contribution in [1.82, 2.24) is 15.8 Å². The molecular weight excluding hydrogens is 322 g/mol. The number of amides is 2. The monoisotopic (exact) mass is 339 g/mol. The fourth-order valence-corrected chi connectivity index (χ4v) is 2.94. The number of hydrogen-bond acceptors (Lipinski definition) is 5. The molecule has 7 nitrogen and oxygen atoms in total. The summed E-state index contributed by atoms with van der Waals surface area (Å²) in [6, 6.07) is 11.3. The van der Waals surface area contributed by atoms with Crippen LogP contribution in [0, 0.1) is 5.92 Å². The van der Waals surface area contributed by atoms with Gasteiger partial charge in [0.1, 0.15) is 17.2 Å². The Hall–Kier alpha value is -3.09. The first kappa shape index (κ1) is 15.4. The first-order valence-corrected chi connectivity index (χ1v) is 8.21. The first-order valence-electron chi connectivity index (χ1n) is 8.21. The SMILES string of the molecule is O=C1NCCCC1C(=O)NCc1cc(-c2cc3ccccc3o2)on1. The number of rotatable bonds is 4. The van der Waals surface area contributed by atoms with Crippen LogP contribution in [0.2, 0.25) is 0 Å². The molecule has 1 aliphatic rings. The summed E-state index contributed by atoms with van der Waals surface area (Å²) in [6.07, 6.45) is 1.38. The molecule has 7 heteroatoms. The minimum Gasteiger partial charge on any atom is -0.453 e. The average molecular weight is 339 g/mol. The maximum absolute atomic E-state index is 12.1. The van der Waals surface area contributed by atoms with Crippen molar-refractivity contribution in [2.24, 2.45) is 5.92 Å². The molecule has 4 rings (SSSR count). The van der Waals surface area contributed by atoms with Crippen LogP contribution >= 0.6 is 0 Å². The number of aromatic nitrogens is 1. The molecule has 128 valence electrons. The van der Waals surface area contributed by atoms with Gasteiger partial charge in [0.25, 0.3) is 0 Å². The van der Waals surface area contributed by atoms with Crippen LogP contribution in [0.4, 0.5) is 0 Å². The molecule has 3 heterocycles. The summed E-state index contributed by atoms with van der Waals surface area (Å²) < 4.78 is 11.0. The van der Waals surface area contributed by atoms with Gasteiger partial charge >= 0.3 is 0 Å². The van der Waals surface area contributed by atoms with Crippen LogP contribution in [0.15, 0.2) is 45.3 Å². The van der Waals surface area contributed by atoms with Crippen molar-refractivity contribution in [1.29, 1.82) is 0 Å². The van der Waals surface area contributed by atoms with E-state index in [1.165, 1.54) is 0 Å². The van der Waals surface area contributed by atoms with E-state index in [4.69, 9.17) is 8.94 Å². The number of nitrogens with zero attached hydrogens (tertiary/aromatic N) is 1.